The van der Waals surface area contributed by atoms with Crippen LogP contribution in [0, 0.1) is 10.1 Å². The van der Waals surface area contributed by atoms with Crippen LogP contribution in [0.3, 0.4) is 0 Å². The third-order valence-corrected chi connectivity index (χ3v) is 4.94. The molecule has 1 aliphatic rings. The van der Waals surface area contributed by atoms with Gasteiger partial charge in [-0.15, -0.1) is 0 Å². The number of nitro groups is 1. The lowest BCUT2D eigenvalue weighted by atomic mass is 9.83. The largest absolute Gasteiger partial charge is 0.464 e. The number of carbonyl (C=O) groups excluding carboxylic acids is 2. The number of hydrogen-bond acceptors (Lipinski definition) is 6. The molecular weight excluding hydrogens is 428 g/mol. The first-order valence-corrected chi connectivity index (χ1v) is 9.39. The van der Waals surface area contributed by atoms with Gasteiger partial charge in [-0.25, -0.2) is 4.79 Å². The minimum Gasteiger partial charge on any atom is -0.464 e. The molecule has 0 radical (unpaired) electrons. The third kappa shape index (κ3) is 3.82. The van der Waals surface area contributed by atoms with Crippen LogP contribution in [-0.2, 0) is 9.53 Å². The average molecular weight is 445 g/mol. The number of benzene rings is 2. The molecule has 1 aliphatic heterocycles. The Hall–Kier alpha value is -3.00. The molecular formula is C20H17BrN2O5. The lowest BCUT2D eigenvalue weighted by Gasteiger charge is -2.21. The molecule has 2 aromatic carbocycles. The van der Waals surface area contributed by atoms with E-state index in [9.17, 15) is 19.7 Å². The number of nitrogens with zero attached hydrogens (tertiary/aromatic N) is 1. The molecule has 0 aromatic heterocycles. The molecule has 2 aromatic rings. The van der Waals surface area contributed by atoms with Gasteiger partial charge in [0.2, 0.25) is 0 Å². The van der Waals surface area contributed by atoms with E-state index in [1.165, 1.54) is 12.3 Å². The molecule has 2 atom stereocenters. The minimum atomic E-state index is -0.935. The number of Topliss-reactive ketones (excluding diaryl/α,β-unsaturated/α-hetero) is 1. The van der Waals surface area contributed by atoms with Crippen LogP contribution in [0.5, 0.6) is 0 Å². The van der Waals surface area contributed by atoms with Crippen LogP contribution in [0.2, 0.25) is 0 Å². The second kappa shape index (κ2) is 8.35. The molecule has 8 heteroatoms. The van der Waals surface area contributed by atoms with Gasteiger partial charge in [0.15, 0.2) is 5.78 Å². The van der Waals surface area contributed by atoms with Gasteiger partial charge in [0.1, 0.15) is 6.04 Å². The maximum Gasteiger partial charge on any atom is 0.329 e. The Bertz CT molecular complexity index is 958. The molecule has 2 unspecified atom stereocenters. The van der Waals surface area contributed by atoms with Crippen LogP contribution >= 0.6 is 15.9 Å². The Morgan fingerprint density at radius 1 is 1.21 bits per heavy atom. The SMILES string of the molecule is CCOC(=O)C1NC=C(C(=O)c2ccccc2)C1c1cc(Br)ccc1[N+](=O)[O-]. The zero-order chi connectivity index (χ0) is 20.3. The molecule has 28 heavy (non-hydrogen) atoms. The van der Waals surface area contributed by atoms with Gasteiger partial charge in [0, 0.05) is 33.4 Å². The number of nitro benzene ring substituents is 1. The molecule has 3 rings (SSSR count). The van der Waals surface area contributed by atoms with E-state index in [1.807, 2.05) is 0 Å². The zero-order valence-electron chi connectivity index (χ0n) is 14.9. The van der Waals surface area contributed by atoms with Gasteiger partial charge in [0.25, 0.3) is 5.69 Å². The van der Waals surface area contributed by atoms with Gasteiger partial charge in [-0.2, -0.15) is 0 Å². The molecule has 0 amide bonds. The molecule has 1 heterocycles. The highest BCUT2D eigenvalue weighted by molar-refractivity contribution is 9.10. The predicted molar refractivity (Wildman–Crippen MR) is 106 cm³/mol. The van der Waals surface area contributed by atoms with Gasteiger partial charge in [-0.1, -0.05) is 46.3 Å². The summed E-state index contributed by atoms with van der Waals surface area (Å²) in [6, 6.07) is 12.1. The van der Waals surface area contributed by atoms with Crippen molar-refractivity contribution in [2.45, 2.75) is 18.9 Å². The van der Waals surface area contributed by atoms with Crippen LogP contribution in [0.25, 0.3) is 0 Å². The van der Waals surface area contributed by atoms with Gasteiger partial charge >= 0.3 is 5.97 Å². The van der Waals surface area contributed by atoms with Crippen LogP contribution in [-0.4, -0.2) is 29.3 Å². The molecule has 0 bridgehead atoms. The summed E-state index contributed by atoms with van der Waals surface area (Å²) >= 11 is 3.32. The monoisotopic (exact) mass is 444 g/mol. The van der Waals surface area contributed by atoms with E-state index < -0.39 is 22.9 Å². The number of hydrogen-bond donors (Lipinski definition) is 1. The first-order valence-electron chi connectivity index (χ1n) is 8.60. The summed E-state index contributed by atoms with van der Waals surface area (Å²) in [6.07, 6.45) is 1.45. The van der Waals surface area contributed by atoms with Crippen LogP contribution in [0.15, 0.2) is 64.8 Å². The molecule has 0 saturated heterocycles. The van der Waals surface area contributed by atoms with Crippen LogP contribution in [0.1, 0.15) is 28.8 Å². The Kier molecular flexibility index (Phi) is 5.89. The fourth-order valence-electron chi connectivity index (χ4n) is 3.23. The van der Waals surface area contributed by atoms with Gasteiger partial charge in [-0.05, 0) is 19.1 Å². The smallest absolute Gasteiger partial charge is 0.329 e. The second-order valence-corrected chi connectivity index (χ2v) is 7.04. The Balaban J connectivity index is 2.11. The van der Waals surface area contributed by atoms with E-state index in [1.54, 1.807) is 49.4 Å². The van der Waals surface area contributed by atoms with Gasteiger partial charge in [0.05, 0.1) is 17.4 Å². The van der Waals surface area contributed by atoms with Crippen molar-refractivity contribution in [1.82, 2.24) is 5.32 Å². The molecule has 0 aliphatic carbocycles. The summed E-state index contributed by atoms with van der Waals surface area (Å²) in [6.45, 7) is 1.83. The van der Waals surface area contributed by atoms with Crippen LogP contribution < -0.4 is 5.32 Å². The van der Waals surface area contributed by atoms with Crippen molar-refractivity contribution >= 4 is 33.4 Å². The fourth-order valence-corrected chi connectivity index (χ4v) is 3.61. The highest BCUT2D eigenvalue weighted by atomic mass is 79.9. The van der Waals surface area contributed by atoms with Crippen molar-refractivity contribution < 1.29 is 19.2 Å². The van der Waals surface area contributed by atoms with E-state index in [0.717, 1.165) is 0 Å². The van der Waals surface area contributed by atoms with Crippen molar-refractivity contribution in [1.29, 1.82) is 0 Å². The number of esters is 1. The molecule has 0 fully saturated rings. The zero-order valence-corrected chi connectivity index (χ0v) is 16.5. The number of halogens is 1. The second-order valence-electron chi connectivity index (χ2n) is 6.13. The molecule has 0 saturated carbocycles. The number of nitrogens with one attached hydrogen (secondary N) is 1. The number of carbonyl (C=O) groups is 2. The van der Waals surface area contributed by atoms with E-state index in [0.29, 0.717) is 10.0 Å². The standard InChI is InChI=1S/C20H17BrN2O5/c1-2-28-20(25)18-17(14-10-13(21)8-9-16(14)23(26)27)15(11-22-18)19(24)12-6-4-3-5-7-12/h3-11,17-18,22H,2H2,1H3. The highest BCUT2D eigenvalue weighted by Crippen LogP contribution is 2.40. The molecule has 0 spiro atoms. The summed E-state index contributed by atoms with van der Waals surface area (Å²) in [4.78, 5) is 36.6. The van der Waals surface area contributed by atoms with Crippen molar-refractivity contribution in [3.8, 4) is 0 Å². The van der Waals surface area contributed by atoms with Crippen molar-refractivity contribution in [3.63, 3.8) is 0 Å². The Morgan fingerprint density at radius 2 is 1.93 bits per heavy atom. The van der Waals surface area contributed by atoms with Crippen molar-refractivity contribution in [3.05, 3.63) is 86.0 Å². The van der Waals surface area contributed by atoms with E-state index in [4.69, 9.17) is 4.74 Å². The normalized spacial score (nSPS) is 18.1. The summed E-state index contributed by atoms with van der Waals surface area (Å²) < 4.78 is 5.72. The predicted octanol–water partition coefficient (Wildman–Crippen LogP) is 3.74. The quantitative estimate of drug-likeness (QED) is 0.315. The topological polar surface area (TPSA) is 98.5 Å². The summed E-state index contributed by atoms with van der Waals surface area (Å²) in [5, 5.41) is 14.5. The number of rotatable bonds is 6. The summed E-state index contributed by atoms with van der Waals surface area (Å²) in [7, 11) is 0. The first kappa shape index (κ1) is 19.8. The van der Waals surface area contributed by atoms with Crippen molar-refractivity contribution in [2.24, 2.45) is 0 Å². The number of ether oxygens (including phenoxy) is 1. The molecule has 144 valence electrons. The summed E-state index contributed by atoms with van der Waals surface area (Å²) in [5.41, 5.74) is 0.795. The lowest BCUT2D eigenvalue weighted by molar-refractivity contribution is -0.385. The van der Waals surface area contributed by atoms with E-state index in [-0.39, 0.29) is 29.2 Å². The third-order valence-electron chi connectivity index (χ3n) is 4.45. The maximum absolute atomic E-state index is 13.1. The Morgan fingerprint density at radius 3 is 2.57 bits per heavy atom. The number of ketones is 1. The van der Waals surface area contributed by atoms with Gasteiger partial charge in [-0.3, -0.25) is 14.9 Å². The van der Waals surface area contributed by atoms with E-state index >= 15 is 0 Å². The molecule has 7 nitrogen and oxygen atoms in total. The average Bonchev–Trinajstić information content (AvgIpc) is 3.13. The Labute approximate surface area is 169 Å². The minimum absolute atomic E-state index is 0.159. The lowest BCUT2D eigenvalue weighted by Crippen LogP contribution is -2.37. The fraction of sp³-hybridized carbons (Fsp3) is 0.200. The van der Waals surface area contributed by atoms with Crippen molar-refractivity contribution in [2.75, 3.05) is 6.61 Å². The highest BCUT2D eigenvalue weighted by Gasteiger charge is 2.43. The van der Waals surface area contributed by atoms with Crippen LogP contribution in [0.4, 0.5) is 5.69 Å². The summed E-state index contributed by atoms with van der Waals surface area (Å²) in [5.74, 6) is -1.74. The maximum atomic E-state index is 13.1. The van der Waals surface area contributed by atoms with E-state index in [2.05, 4.69) is 21.2 Å². The molecule has 1 N–H and O–H groups in total. The van der Waals surface area contributed by atoms with Gasteiger partial charge < -0.3 is 10.1 Å². The first-order chi connectivity index (χ1) is 13.4.